The zero-order valence-corrected chi connectivity index (χ0v) is 19.2. The van der Waals surface area contributed by atoms with E-state index in [0.717, 1.165) is 43.6 Å². The SMILES string of the molecule is COc1cc(C(C)=O)ccc1OC(C)/C=C/CN1CCC(c2noc3cc(F)ccc23)CC1. The predicted molar refractivity (Wildman–Crippen MR) is 125 cm³/mol. The highest BCUT2D eigenvalue weighted by atomic mass is 19.1. The Hall–Kier alpha value is -3.19. The quantitative estimate of drug-likeness (QED) is 0.338. The Labute approximate surface area is 192 Å². The van der Waals surface area contributed by atoms with Crippen LogP contribution in [0.5, 0.6) is 11.5 Å². The first kappa shape index (κ1) is 23.0. The van der Waals surface area contributed by atoms with Crippen molar-refractivity contribution in [2.45, 2.75) is 38.7 Å². The van der Waals surface area contributed by atoms with Gasteiger partial charge in [0.1, 0.15) is 11.9 Å². The lowest BCUT2D eigenvalue weighted by atomic mass is 9.91. The van der Waals surface area contributed by atoms with Crippen LogP contribution >= 0.6 is 0 Å². The van der Waals surface area contributed by atoms with E-state index >= 15 is 0 Å². The summed E-state index contributed by atoms with van der Waals surface area (Å²) < 4.78 is 30.1. The lowest BCUT2D eigenvalue weighted by molar-refractivity contribution is 0.101. The Bertz CT molecular complexity index is 1150. The number of fused-ring (bicyclic) bond motifs is 1. The summed E-state index contributed by atoms with van der Waals surface area (Å²) in [6, 6.07) is 9.83. The Balaban J connectivity index is 1.28. The molecule has 3 aromatic rings. The van der Waals surface area contributed by atoms with Gasteiger partial charge in [-0.2, -0.15) is 0 Å². The van der Waals surface area contributed by atoms with Crippen molar-refractivity contribution in [3.8, 4) is 11.5 Å². The fourth-order valence-electron chi connectivity index (χ4n) is 4.24. The molecule has 0 radical (unpaired) electrons. The summed E-state index contributed by atoms with van der Waals surface area (Å²) in [4.78, 5) is 14.0. The highest BCUT2D eigenvalue weighted by molar-refractivity contribution is 5.94. The zero-order valence-electron chi connectivity index (χ0n) is 19.2. The van der Waals surface area contributed by atoms with Crippen LogP contribution in [0.25, 0.3) is 11.0 Å². The van der Waals surface area contributed by atoms with E-state index in [1.54, 1.807) is 31.4 Å². The number of aromatic nitrogens is 1. The maximum Gasteiger partial charge on any atom is 0.170 e. The molecule has 4 rings (SSSR count). The Morgan fingerprint density at radius 2 is 2.03 bits per heavy atom. The molecule has 1 aliphatic heterocycles. The van der Waals surface area contributed by atoms with Gasteiger partial charge in [0.25, 0.3) is 0 Å². The normalized spacial score (nSPS) is 16.4. The molecule has 1 atom stereocenters. The van der Waals surface area contributed by atoms with E-state index in [9.17, 15) is 9.18 Å². The fourth-order valence-corrected chi connectivity index (χ4v) is 4.24. The van der Waals surface area contributed by atoms with Gasteiger partial charge in [0.15, 0.2) is 22.9 Å². The van der Waals surface area contributed by atoms with Crippen LogP contribution in [0.1, 0.15) is 48.7 Å². The number of methoxy groups -OCH3 is 1. The first-order chi connectivity index (χ1) is 15.9. The minimum atomic E-state index is -0.309. The summed E-state index contributed by atoms with van der Waals surface area (Å²) in [7, 11) is 1.57. The van der Waals surface area contributed by atoms with Gasteiger partial charge in [-0.1, -0.05) is 11.2 Å². The standard InChI is InChI=1S/C26H29FN2O4/c1-17(32-23-9-6-20(18(2)30)15-25(23)31-3)5-4-12-29-13-10-19(11-14-29)26-22-8-7-21(27)16-24(22)33-28-26/h4-9,15-17,19H,10-14H2,1-3H3/b5-4+. The van der Waals surface area contributed by atoms with Crippen molar-refractivity contribution in [2.75, 3.05) is 26.7 Å². The number of halogens is 1. The Morgan fingerprint density at radius 3 is 2.76 bits per heavy atom. The van der Waals surface area contributed by atoms with Gasteiger partial charge in [0, 0.05) is 29.5 Å². The van der Waals surface area contributed by atoms with E-state index < -0.39 is 0 Å². The molecular weight excluding hydrogens is 423 g/mol. The summed E-state index contributed by atoms with van der Waals surface area (Å²) in [5.74, 6) is 1.16. The molecule has 0 bridgehead atoms. The number of hydrogen-bond acceptors (Lipinski definition) is 6. The molecule has 0 amide bonds. The van der Waals surface area contributed by atoms with E-state index in [1.165, 1.54) is 19.1 Å². The molecule has 0 spiro atoms. The molecule has 0 saturated carbocycles. The monoisotopic (exact) mass is 452 g/mol. The highest BCUT2D eigenvalue weighted by Gasteiger charge is 2.24. The van der Waals surface area contributed by atoms with E-state index in [2.05, 4.69) is 16.1 Å². The number of hydrogen-bond donors (Lipinski definition) is 0. The number of Topliss-reactive ketones (excluding diaryl/α,β-unsaturated/α-hetero) is 1. The average Bonchev–Trinajstić information content (AvgIpc) is 3.22. The van der Waals surface area contributed by atoms with Crippen LogP contribution in [0.3, 0.4) is 0 Å². The fraction of sp³-hybridized carbons (Fsp3) is 0.385. The second kappa shape index (κ2) is 10.2. The molecule has 2 aromatic carbocycles. The van der Waals surface area contributed by atoms with Crippen molar-refractivity contribution in [1.29, 1.82) is 0 Å². The topological polar surface area (TPSA) is 64.8 Å². The summed E-state index contributed by atoms with van der Waals surface area (Å²) in [5.41, 5.74) is 2.04. The first-order valence-electron chi connectivity index (χ1n) is 11.2. The van der Waals surface area contributed by atoms with Crippen molar-refractivity contribution in [1.82, 2.24) is 10.1 Å². The maximum absolute atomic E-state index is 13.4. The number of carbonyl (C=O) groups is 1. The molecule has 174 valence electrons. The Kier molecular flexibility index (Phi) is 7.08. The van der Waals surface area contributed by atoms with Gasteiger partial charge in [-0.05, 0) is 76.2 Å². The smallest absolute Gasteiger partial charge is 0.170 e. The van der Waals surface area contributed by atoms with E-state index in [-0.39, 0.29) is 17.7 Å². The van der Waals surface area contributed by atoms with Crippen LogP contribution in [-0.2, 0) is 0 Å². The zero-order chi connectivity index (χ0) is 23.4. The number of rotatable bonds is 8. The summed E-state index contributed by atoms with van der Waals surface area (Å²) in [6.07, 6.45) is 5.98. The second-order valence-corrected chi connectivity index (χ2v) is 8.46. The summed E-state index contributed by atoms with van der Waals surface area (Å²) in [5, 5.41) is 5.13. The van der Waals surface area contributed by atoms with E-state index in [4.69, 9.17) is 14.0 Å². The molecular formula is C26H29FN2O4. The number of ketones is 1. The lowest BCUT2D eigenvalue weighted by Gasteiger charge is -2.30. The van der Waals surface area contributed by atoms with Crippen molar-refractivity contribution < 1.29 is 23.2 Å². The van der Waals surface area contributed by atoms with Crippen molar-refractivity contribution in [3.63, 3.8) is 0 Å². The molecule has 0 N–H and O–H groups in total. The van der Waals surface area contributed by atoms with Crippen LogP contribution in [-0.4, -0.2) is 48.7 Å². The number of benzene rings is 2. The molecule has 0 aliphatic carbocycles. The first-order valence-corrected chi connectivity index (χ1v) is 11.2. The maximum atomic E-state index is 13.4. The molecule has 1 fully saturated rings. The third-order valence-corrected chi connectivity index (χ3v) is 6.09. The van der Waals surface area contributed by atoms with Crippen LogP contribution in [0.2, 0.25) is 0 Å². The van der Waals surface area contributed by atoms with Gasteiger partial charge in [-0.25, -0.2) is 4.39 Å². The largest absolute Gasteiger partial charge is 0.493 e. The third-order valence-electron chi connectivity index (χ3n) is 6.09. The lowest BCUT2D eigenvalue weighted by Crippen LogP contribution is -2.33. The predicted octanol–water partition coefficient (Wildman–Crippen LogP) is 5.38. The minimum Gasteiger partial charge on any atom is -0.493 e. The molecule has 1 aliphatic rings. The van der Waals surface area contributed by atoms with Gasteiger partial charge in [-0.15, -0.1) is 0 Å². The number of ether oxygens (including phenoxy) is 2. The third kappa shape index (κ3) is 5.42. The molecule has 1 aromatic heterocycles. The second-order valence-electron chi connectivity index (χ2n) is 8.46. The molecule has 1 saturated heterocycles. The van der Waals surface area contributed by atoms with E-state index in [1.807, 2.05) is 13.0 Å². The summed E-state index contributed by atoms with van der Waals surface area (Å²) >= 11 is 0. The highest BCUT2D eigenvalue weighted by Crippen LogP contribution is 2.33. The van der Waals surface area contributed by atoms with E-state index in [0.29, 0.717) is 28.6 Å². The molecule has 2 heterocycles. The van der Waals surface area contributed by atoms with Crippen LogP contribution < -0.4 is 9.47 Å². The van der Waals surface area contributed by atoms with Gasteiger partial charge in [0.05, 0.1) is 12.8 Å². The number of carbonyl (C=O) groups excluding carboxylic acids is 1. The Morgan fingerprint density at radius 1 is 1.24 bits per heavy atom. The van der Waals surface area contributed by atoms with Crippen molar-refractivity contribution in [2.24, 2.45) is 0 Å². The molecule has 6 nitrogen and oxygen atoms in total. The number of likely N-dealkylation sites (tertiary alicyclic amines) is 1. The van der Waals surface area contributed by atoms with Gasteiger partial charge in [0.2, 0.25) is 0 Å². The van der Waals surface area contributed by atoms with Gasteiger partial charge in [-0.3, -0.25) is 9.69 Å². The molecule has 7 heteroatoms. The minimum absolute atomic E-state index is 0.0119. The number of nitrogens with zero attached hydrogens (tertiary/aromatic N) is 2. The van der Waals surface area contributed by atoms with Gasteiger partial charge < -0.3 is 14.0 Å². The van der Waals surface area contributed by atoms with Gasteiger partial charge >= 0.3 is 0 Å². The number of piperidine rings is 1. The average molecular weight is 453 g/mol. The van der Waals surface area contributed by atoms with Crippen LogP contribution in [0.15, 0.2) is 53.1 Å². The van der Waals surface area contributed by atoms with Crippen LogP contribution in [0.4, 0.5) is 4.39 Å². The summed E-state index contributed by atoms with van der Waals surface area (Å²) in [6.45, 7) is 6.25. The van der Waals surface area contributed by atoms with Crippen molar-refractivity contribution >= 4 is 16.8 Å². The van der Waals surface area contributed by atoms with Crippen LogP contribution in [0, 0.1) is 5.82 Å². The molecule has 1 unspecified atom stereocenters. The van der Waals surface area contributed by atoms with Crippen molar-refractivity contribution in [3.05, 3.63) is 65.6 Å². The molecule has 33 heavy (non-hydrogen) atoms.